The maximum absolute atomic E-state index is 13.4. The fraction of sp³-hybridized carbons (Fsp3) is 0.353. The summed E-state index contributed by atoms with van der Waals surface area (Å²) >= 11 is 7.16. The van der Waals surface area contributed by atoms with Crippen molar-refractivity contribution in [1.82, 2.24) is 4.98 Å². The number of benzene rings is 1. The Bertz CT molecular complexity index is 828. The van der Waals surface area contributed by atoms with Crippen molar-refractivity contribution in [2.45, 2.75) is 26.2 Å². The highest BCUT2D eigenvalue weighted by Gasteiger charge is 2.58. The fourth-order valence-corrected chi connectivity index (χ4v) is 3.84. The average molecular weight is 383 g/mol. The summed E-state index contributed by atoms with van der Waals surface area (Å²) in [6.07, 6.45) is 1.37. The number of carbonyl (C=O) groups is 2. The molecule has 2 aromatic rings. The van der Waals surface area contributed by atoms with E-state index in [9.17, 15) is 14.0 Å². The van der Waals surface area contributed by atoms with Crippen LogP contribution in [0.2, 0.25) is 5.02 Å². The standard InChI is InChI=1S/C17H16ClFN2O3S/c1-9-14(21-15(22)17(3-4-17)16(23)24-2)25-13(20-9)7-10-5-11(18)8-12(19)6-10/h5-6,8H,3-4,7H2,1-2H3,(H,21,22). The molecule has 1 amide bonds. The largest absolute Gasteiger partial charge is 0.468 e. The van der Waals surface area contributed by atoms with Gasteiger partial charge in [-0.2, -0.15) is 0 Å². The first kappa shape index (κ1) is 17.8. The summed E-state index contributed by atoms with van der Waals surface area (Å²) in [6.45, 7) is 1.77. The molecule has 0 unspecified atom stereocenters. The molecule has 132 valence electrons. The number of aromatic nitrogens is 1. The van der Waals surface area contributed by atoms with E-state index >= 15 is 0 Å². The van der Waals surface area contributed by atoms with Crippen molar-refractivity contribution in [2.75, 3.05) is 12.4 Å². The van der Waals surface area contributed by atoms with E-state index in [1.807, 2.05) is 0 Å². The minimum absolute atomic E-state index is 0.325. The van der Waals surface area contributed by atoms with Gasteiger partial charge in [-0.3, -0.25) is 9.59 Å². The minimum Gasteiger partial charge on any atom is -0.468 e. The number of aryl methyl sites for hydroxylation is 1. The number of halogens is 2. The number of nitrogens with zero attached hydrogens (tertiary/aromatic N) is 1. The molecule has 25 heavy (non-hydrogen) atoms. The quantitative estimate of drug-likeness (QED) is 0.632. The zero-order valence-electron chi connectivity index (χ0n) is 13.7. The number of rotatable bonds is 5. The smallest absolute Gasteiger partial charge is 0.321 e. The number of methoxy groups -OCH3 is 1. The predicted octanol–water partition coefficient (Wildman–Crippen LogP) is 3.73. The zero-order chi connectivity index (χ0) is 18.2. The number of nitrogens with one attached hydrogen (secondary N) is 1. The second-order valence-corrected chi connectivity index (χ2v) is 7.52. The van der Waals surface area contributed by atoms with Gasteiger partial charge in [-0.1, -0.05) is 11.6 Å². The number of esters is 1. The fourth-order valence-electron chi connectivity index (χ4n) is 2.60. The van der Waals surface area contributed by atoms with Gasteiger partial charge in [0.2, 0.25) is 5.91 Å². The van der Waals surface area contributed by atoms with E-state index in [0.29, 0.717) is 40.5 Å². The molecule has 0 radical (unpaired) electrons. The van der Waals surface area contributed by atoms with E-state index in [0.717, 1.165) is 5.01 Å². The molecule has 0 aliphatic heterocycles. The Balaban J connectivity index is 1.74. The summed E-state index contributed by atoms with van der Waals surface area (Å²) in [4.78, 5) is 28.6. The molecule has 1 aliphatic rings. The monoisotopic (exact) mass is 382 g/mol. The highest BCUT2D eigenvalue weighted by Crippen LogP contribution is 2.48. The zero-order valence-corrected chi connectivity index (χ0v) is 15.3. The Morgan fingerprint density at radius 2 is 2.12 bits per heavy atom. The van der Waals surface area contributed by atoms with E-state index in [4.69, 9.17) is 16.3 Å². The maximum atomic E-state index is 13.4. The van der Waals surface area contributed by atoms with Gasteiger partial charge in [-0.15, -0.1) is 11.3 Å². The molecular weight excluding hydrogens is 367 g/mol. The maximum Gasteiger partial charge on any atom is 0.321 e. The van der Waals surface area contributed by atoms with Gasteiger partial charge >= 0.3 is 5.97 Å². The molecule has 1 heterocycles. The van der Waals surface area contributed by atoms with Crippen molar-refractivity contribution < 1.29 is 18.7 Å². The van der Waals surface area contributed by atoms with Crippen molar-refractivity contribution >= 4 is 39.8 Å². The molecule has 0 spiro atoms. The van der Waals surface area contributed by atoms with Gasteiger partial charge in [0.1, 0.15) is 16.2 Å². The molecule has 1 aromatic carbocycles. The Kier molecular flexibility index (Phi) is 4.79. The van der Waals surface area contributed by atoms with Crippen LogP contribution in [0.5, 0.6) is 0 Å². The number of hydrogen-bond donors (Lipinski definition) is 1. The van der Waals surface area contributed by atoms with Gasteiger partial charge in [0.05, 0.1) is 17.8 Å². The minimum atomic E-state index is -1.07. The van der Waals surface area contributed by atoms with Crippen LogP contribution in [-0.2, 0) is 20.7 Å². The molecule has 0 atom stereocenters. The van der Waals surface area contributed by atoms with Gasteiger partial charge < -0.3 is 10.1 Å². The number of thiazole rings is 1. The first-order valence-electron chi connectivity index (χ1n) is 7.65. The molecule has 1 fully saturated rings. The third-order valence-electron chi connectivity index (χ3n) is 4.11. The van der Waals surface area contributed by atoms with Crippen LogP contribution in [0, 0.1) is 18.2 Å². The molecular formula is C17H16ClFN2O3S. The van der Waals surface area contributed by atoms with E-state index in [-0.39, 0.29) is 5.91 Å². The number of hydrogen-bond acceptors (Lipinski definition) is 5. The van der Waals surface area contributed by atoms with Crippen molar-refractivity contribution in [2.24, 2.45) is 5.41 Å². The van der Waals surface area contributed by atoms with E-state index < -0.39 is 17.2 Å². The Morgan fingerprint density at radius 1 is 1.40 bits per heavy atom. The van der Waals surface area contributed by atoms with Crippen LogP contribution in [-0.4, -0.2) is 24.0 Å². The second kappa shape index (κ2) is 6.72. The molecule has 1 aliphatic carbocycles. The summed E-state index contributed by atoms with van der Waals surface area (Å²) in [7, 11) is 1.27. The van der Waals surface area contributed by atoms with E-state index in [2.05, 4.69) is 10.3 Å². The SMILES string of the molecule is COC(=O)C1(C(=O)Nc2sc(Cc3cc(F)cc(Cl)c3)nc2C)CC1. The Labute approximate surface area is 153 Å². The van der Waals surface area contributed by atoms with Gasteiger partial charge in [0, 0.05) is 11.4 Å². The van der Waals surface area contributed by atoms with Crippen molar-refractivity contribution in [3.05, 3.63) is 45.3 Å². The third kappa shape index (κ3) is 3.67. The molecule has 1 aromatic heterocycles. The second-order valence-electron chi connectivity index (χ2n) is 6.00. The van der Waals surface area contributed by atoms with Crippen molar-refractivity contribution in [3.63, 3.8) is 0 Å². The molecule has 1 saturated carbocycles. The van der Waals surface area contributed by atoms with Crippen LogP contribution in [0.3, 0.4) is 0 Å². The lowest BCUT2D eigenvalue weighted by atomic mass is 10.1. The summed E-state index contributed by atoms with van der Waals surface area (Å²) in [5, 5.41) is 4.40. The van der Waals surface area contributed by atoms with E-state index in [1.54, 1.807) is 13.0 Å². The van der Waals surface area contributed by atoms with Crippen LogP contribution in [0.1, 0.15) is 29.1 Å². The van der Waals surface area contributed by atoms with Crippen LogP contribution >= 0.6 is 22.9 Å². The summed E-state index contributed by atoms with van der Waals surface area (Å²) in [5.74, 6) is -1.29. The van der Waals surface area contributed by atoms with Crippen LogP contribution in [0.15, 0.2) is 18.2 Å². The highest BCUT2D eigenvalue weighted by molar-refractivity contribution is 7.16. The predicted molar refractivity (Wildman–Crippen MR) is 93.4 cm³/mol. The van der Waals surface area contributed by atoms with E-state index in [1.165, 1.54) is 30.6 Å². The molecule has 3 rings (SSSR count). The Morgan fingerprint density at radius 3 is 2.72 bits per heavy atom. The molecule has 8 heteroatoms. The average Bonchev–Trinajstić information content (AvgIpc) is 3.27. The first-order valence-corrected chi connectivity index (χ1v) is 8.84. The molecule has 1 N–H and O–H groups in total. The number of ether oxygens (including phenoxy) is 1. The summed E-state index contributed by atoms with van der Waals surface area (Å²) < 4.78 is 18.1. The Hall–Kier alpha value is -1.99. The van der Waals surface area contributed by atoms with Gasteiger partial charge in [0.25, 0.3) is 0 Å². The lowest BCUT2D eigenvalue weighted by Gasteiger charge is -2.11. The lowest BCUT2D eigenvalue weighted by Crippen LogP contribution is -2.32. The first-order chi connectivity index (χ1) is 11.8. The van der Waals surface area contributed by atoms with Crippen LogP contribution in [0.25, 0.3) is 0 Å². The van der Waals surface area contributed by atoms with Crippen molar-refractivity contribution in [3.8, 4) is 0 Å². The van der Waals surface area contributed by atoms with Gasteiger partial charge in [-0.05, 0) is 43.5 Å². The third-order valence-corrected chi connectivity index (χ3v) is 5.40. The lowest BCUT2D eigenvalue weighted by molar-refractivity contribution is -0.150. The van der Waals surface area contributed by atoms with Gasteiger partial charge in [-0.25, -0.2) is 9.37 Å². The number of amides is 1. The summed E-state index contributed by atoms with van der Waals surface area (Å²) in [5.41, 5.74) is 0.280. The number of carbonyl (C=O) groups excluding carboxylic acids is 2. The summed E-state index contributed by atoms with van der Waals surface area (Å²) in [6, 6.07) is 4.32. The molecule has 0 bridgehead atoms. The topological polar surface area (TPSA) is 68.3 Å². The highest BCUT2D eigenvalue weighted by atomic mass is 35.5. The van der Waals surface area contributed by atoms with Crippen LogP contribution < -0.4 is 5.32 Å². The molecule has 5 nitrogen and oxygen atoms in total. The normalized spacial score (nSPS) is 14.9. The van der Waals surface area contributed by atoms with Crippen LogP contribution in [0.4, 0.5) is 9.39 Å². The molecule has 0 saturated heterocycles. The van der Waals surface area contributed by atoms with Crippen molar-refractivity contribution in [1.29, 1.82) is 0 Å². The van der Waals surface area contributed by atoms with Gasteiger partial charge in [0.15, 0.2) is 0 Å². The number of anilines is 1.